The lowest BCUT2D eigenvalue weighted by Gasteiger charge is -2.24. The molecule has 3 aromatic heterocycles. The second kappa shape index (κ2) is 8.61. The molecule has 1 unspecified atom stereocenters. The van der Waals surface area contributed by atoms with Crippen molar-refractivity contribution in [3.8, 4) is 11.3 Å². The Hall–Kier alpha value is -1.60. The third-order valence-electron chi connectivity index (χ3n) is 4.34. The Morgan fingerprint density at radius 2 is 2.04 bits per heavy atom. The van der Waals surface area contributed by atoms with Crippen LogP contribution >= 0.6 is 35.0 Å². The van der Waals surface area contributed by atoms with Gasteiger partial charge >= 0.3 is 0 Å². The summed E-state index contributed by atoms with van der Waals surface area (Å²) in [6.45, 7) is 0.759. The van der Waals surface area contributed by atoms with Crippen LogP contribution in [0.5, 0.6) is 0 Å². The molecule has 27 heavy (non-hydrogen) atoms. The van der Waals surface area contributed by atoms with Crippen molar-refractivity contribution in [3.05, 3.63) is 53.6 Å². The summed E-state index contributed by atoms with van der Waals surface area (Å²) in [4.78, 5) is 9.83. The maximum absolute atomic E-state index is 5.97. The molecule has 1 aliphatic rings. The summed E-state index contributed by atoms with van der Waals surface area (Å²) in [5.74, 6) is 0.390. The standard InChI is InChI=1S/C19H18Cl2N4OS/c20-9-15-6-4-13(10-22-15)19-16(27-17-7-5-14(21)11-23-17)12-24-25(19)18-3-1-2-8-26-18/h4-7,10-12,18H,1-3,8-9H2. The number of rotatable bonds is 5. The van der Waals surface area contributed by atoms with Crippen LogP contribution in [-0.4, -0.2) is 26.4 Å². The Morgan fingerprint density at radius 3 is 2.70 bits per heavy atom. The lowest BCUT2D eigenvalue weighted by molar-refractivity contribution is -0.0384. The van der Waals surface area contributed by atoms with Gasteiger partial charge in [0.15, 0.2) is 6.23 Å². The highest BCUT2D eigenvalue weighted by atomic mass is 35.5. The van der Waals surface area contributed by atoms with Gasteiger partial charge < -0.3 is 4.74 Å². The molecule has 0 saturated carbocycles. The number of pyridine rings is 2. The summed E-state index contributed by atoms with van der Waals surface area (Å²) >= 11 is 13.4. The van der Waals surface area contributed by atoms with Crippen molar-refractivity contribution < 1.29 is 4.74 Å². The number of halogens is 2. The zero-order valence-corrected chi connectivity index (χ0v) is 16.8. The van der Waals surface area contributed by atoms with Gasteiger partial charge in [0.1, 0.15) is 5.03 Å². The minimum absolute atomic E-state index is 0.0611. The fourth-order valence-electron chi connectivity index (χ4n) is 3.01. The molecule has 140 valence electrons. The third-order valence-corrected chi connectivity index (χ3v) is 5.81. The average Bonchev–Trinajstić information content (AvgIpc) is 3.14. The Balaban J connectivity index is 1.73. The molecule has 0 spiro atoms. The number of hydrogen-bond acceptors (Lipinski definition) is 5. The van der Waals surface area contributed by atoms with Crippen LogP contribution in [0.15, 0.2) is 52.8 Å². The van der Waals surface area contributed by atoms with E-state index in [0.717, 1.165) is 52.7 Å². The maximum atomic E-state index is 5.97. The molecule has 3 aromatic rings. The van der Waals surface area contributed by atoms with E-state index in [2.05, 4.69) is 15.1 Å². The van der Waals surface area contributed by atoms with Gasteiger partial charge in [-0.15, -0.1) is 11.6 Å². The molecule has 0 N–H and O–H groups in total. The summed E-state index contributed by atoms with van der Waals surface area (Å²) in [7, 11) is 0. The highest BCUT2D eigenvalue weighted by Crippen LogP contribution is 2.38. The fourth-order valence-corrected chi connectivity index (χ4v) is 4.15. The summed E-state index contributed by atoms with van der Waals surface area (Å²) in [5.41, 5.74) is 2.80. The van der Waals surface area contributed by atoms with Crippen molar-refractivity contribution in [2.24, 2.45) is 0 Å². The third kappa shape index (κ3) is 4.29. The van der Waals surface area contributed by atoms with Gasteiger partial charge in [-0.1, -0.05) is 23.4 Å². The number of nitrogens with zero attached hydrogens (tertiary/aromatic N) is 4. The zero-order chi connectivity index (χ0) is 18.6. The normalized spacial score (nSPS) is 17.2. The predicted molar refractivity (Wildman–Crippen MR) is 107 cm³/mol. The molecule has 5 nitrogen and oxygen atoms in total. The number of ether oxygens (including phenoxy) is 1. The SMILES string of the molecule is ClCc1ccc(-c2c(Sc3ccc(Cl)cn3)cnn2C2CCCCO2)cn1. The van der Waals surface area contributed by atoms with Crippen molar-refractivity contribution in [2.75, 3.05) is 6.61 Å². The van der Waals surface area contributed by atoms with Crippen molar-refractivity contribution in [1.82, 2.24) is 19.7 Å². The molecule has 0 bridgehead atoms. The van der Waals surface area contributed by atoms with Crippen LogP contribution < -0.4 is 0 Å². The van der Waals surface area contributed by atoms with Crippen LogP contribution in [-0.2, 0) is 10.6 Å². The second-order valence-electron chi connectivity index (χ2n) is 6.21. The molecule has 1 saturated heterocycles. The quantitative estimate of drug-likeness (QED) is 0.503. The Morgan fingerprint density at radius 1 is 1.11 bits per heavy atom. The van der Waals surface area contributed by atoms with E-state index >= 15 is 0 Å². The fraction of sp³-hybridized carbons (Fsp3) is 0.316. The van der Waals surface area contributed by atoms with Crippen LogP contribution in [0, 0.1) is 0 Å². The van der Waals surface area contributed by atoms with E-state index in [1.807, 2.05) is 41.3 Å². The van der Waals surface area contributed by atoms with E-state index in [1.54, 1.807) is 18.0 Å². The summed E-state index contributed by atoms with van der Waals surface area (Å²) in [6.07, 6.45) is 8.47. The van der Waals surface area contributed by atoms with Gasteiger partial charge in [-0.25, -0.2) is 9.67 Å². The second-order valence-corrected chi connectivity index (χ2v) is 7.98. The van der Waals surface area contributed by atoms with Crippen molar-refractivity contribution in [3.63, 3.8) is 0 Å². The molecular weight excluding hydrogens is 403 g/mol. The largest absolute Gasteiger partial charge is 0.356 e. The van der Waals surface area contributed by atoms with E-state index in [-0.39, 0.29) is 6.23 Å². The van der Waals surface area contributed by atoms with Crippen LogP contribution in [0.2, 0.25) is 5.02 Å². The highest BCUT2D eigenvalue weighted by molar-refractivity contribution is 7.99. The predicted octanol–water partition coefficient (Wildman–Crippen LogP) is 5.58. The summed E-state index contributed by atoms with van der Waals surface area (Å²) in [5, 5.41) is 6.11. The van der Waals surface area contributed by atoms with Crippen LogP contribution in [0.3, 0.4) is 0 Å². The number of aromatic nitrogens is 4. The van der Waals surface area contributed by atoms with Crippen LogP contribution in [0.1, 0.15) is 31.2 Å². The topological polar surface area (TPSA) is 52.8 Å². The molecule has 4 rings (SSSR count). The van der Waals surface area contributed by atoms with Crippen LogP contribution in [0.4, 0.5) is 0 Å². The van der Waals surface area contributed by atoms with Crippen molar-refractivity contribution in [1.29, 1.82) is 0 Å². The lowest BCUT2D eigenvalue weighted by Crippen LogP contribution is -2.20. The van der Waals surface area contributed by atoms with Gasteiger partial charge in [-0.05, 0) is 43.5 Å². The van der Waals surface area contributed by atoms with Gasteiger partial charge in [0.05, 0.1) is 33.4 Å². The Bertz CT molecular complexity index is 893. The molecular formula is C19H18Cl2N4OS. The number of alkyl halides is 1. The first-order chi connectivity index (χ1) is 13.2. The van der Waals surface area contributed by atoms with E-state index in [4.69, 9.17) is 27.9 Å². The van der Waals surface area contributed by atoms with Crippen LogP contribution in [0.25, 0.3) is 11.3 Å². The van der Waals surface area contributed by atoms with Gasteiger partial charge in [-0.3, -0.25) is 4.98 Å². The molecule has 1 atom stereocenters. The molecule has 4 heterocycles. The highest BCUT2D eigenvalue weighted by Gasteiger charge is 2.23. The first-order valence-corrected chi connectivity index (χ1v) is 10.5. The molecule has 1 fully saturated rings. The van der Waals surface area contributed by atoms with E-state index in [0.29, 0.717) is 10.9 Å². The minimum Gasteiger partial charge on any atom is -0.356 e. The van der Waals surface area contributed by atoms with Gasteiger partial charge in [0.2, 0.25) is 0 Å². The lowest BCUT2D eigenvalue weighted by atomic mass is 10.1. The van der Waals surface area contributed by atoms with Crippen molar-refractivity contribution >= 4 is 35.0 Å². The first-order valence-electron chi connectivity index (χ1n) is 8.74. The average molecular weight is 421 g/mol. The maximum Gasteiger partial charge on any atom is 0.150 e. The molecule has 1 aliphatic heterocycles. The molecule has 0 aliphatic carbocycles. The van der Waals surface area contributed by atoms with Crippen molar-refractivity contribution in [2.45, 2.75) is 41.3 Å². The zero-order valence-electron chi connectivity index (χ0n) is 14.5. The van der Waals surface area contributed by atoms with E-state index < -0.39 is 0 Å². The Kier molecular flexibility index (Phi) is 5.98. The van der Waals surface area contributed by atoms with E-state index in [1.165, 1.54) is 0 Å². The molecule has 0 radical (unpaired) electrons. The smallest absolute Gasteiger partial charge is 0.150 e. The first kappa shape index (κ1) is 18.7. The molecule has 0 aromatic carbocycles. The van der Waals surface area contributed by atoms with Gasteiger partial charge in [0, 0.05) is 24.6 Å². The number of hydrogen-bond donors (Lipinski definition) is 0. The van der Waals surface area contributed by atoms with Gasteiger partial charge in [0.25, 0.3) is 0 Å². The summed E-state index contributed by atoms with van der Waals surface area (Å²) < 4.78 is 7.93. The molecule has 8 heteroatoms. The molecule has 0 amide bonds. The monoisotopic (exact) mass is 420 g/mol. The summed E-state index contributed by atoms with van der Waals surface area (Å²) in [6, 6.07) is 7.71. The van der Waals surface area contributed by atoms with Gasteiger partial charge in [-0.2, -0.15) is 5.10 Å². The minimum atomic E-state index is -0.0611. The van der Waals surface area contributed by atoms with E-state index in [9.17, 15) is 0 Å². The Labute approximate surface area is 172 Å².